The lowest BCUT2D eigenvalue weighted by Gasteiger charge is -2.05. The first kappa shape index (κ1) is 7.91. The first-order valence-electron chi connectivity index (χ1n) is 3.91. The molecular weight excluding hydrogens is 172 g/mol. The maximum atomic E-state index is 11.2. The van der Waals surface area contributed by atoms with E-state index in [1.165, 1.54) is 6.07 Å². The third-order valence-corrected chi connectivity index (χ3v) is 2.26. The summed E-state index contributed by atoms with van der Waals surface area (Å²) in [4.78, 5) is 11.2. The molecule has 4 nitrogen and oxygen atoms in total. The zero-order valence-electron chi connectivity index (χ0n) is 6.74. The second-order valence-corrected chi connectivity index (χ2v) is 3.04. The fourth-order valence-corrected chi connectivity index (χ4v) is 1.56. The van der Waals surface area contributed by atoms with Gasteiger partial charge in [0.05, 0.1) is 0 Å². The van der Waals surface area contributed by atoms with Crippen LogP contribution in [-0.2, 0) is 6.42 Å². The third-order valence-electron chi connectivity index (χ3n) is 2.26. The van der Waals surface area contributed by atoms with Crippen molar-refractivity contribution in [1.29, 1.82) is 0 Å². The van der Waals surface area contributed by atoms with Crippen LogP contribution in [0.3, 0.4) is 0 Å². The van der Waals surface area contributed by atoms with Crippen molar-refractivity contribution in [2.24, 2.45) is 0 Å². The summed E-state index contributed by atoms with van der Waals surface area (Å²) in [5.74, 6) is -1.48. The van der Waals surface area contributed by atoms with Crippen molar-refractivity contribution in [3.8, 4) is 17.2 Å². The number of fused-ring (bicyclic) bond motifs is 1. The molecule has 0 heterocycles. The molecule has 0 aromatic heterocycles. The monoisotopic (exact) mass is 180 g/mol. The molecule has 1 aromatic carbocycles. The van der Waals surface area contributed by atoms with Gasteiger partial charge in [-0.2, -0.15) is 0 Å². The van der Waals surface area contributed by atoms with Gasteiger partial charge in [-0.15, -0.1) is 0 Å². The molecule has 0 aliphatic heterocycles. The van der Waals surface area contributed by atoms with E-state index in [1.807, 2.05) is 0 Å². The lowest BCUT2D eigenvalue weighted by molar-refractivity contribution is 0.0994. The second-order valence-electron chi connectivity index (χ2n) is 3.04. The lowest BCUT2D eigenvalue weighted by atomic mass is 10.1. The zero-order valence-corrected chi connectivity index (χ0v) is 6.74. The van der Waals surface area contributed by atoms with Crippen molar-refractivity contribution in [1.82, 2.24) is 0 Å². The minimum Gasteiger partial charge on any atom is -0.504 e. The molecule has 2 rings (SSSR count). The SMILES string of the molecule is O=C1CCc2c1cc(O)c(O)c2O. The van der Waals surface area contributed by atoms with Gasteiger partial charge in [0.1, 0.15) is 0 Å². The molecule has 0 saturated heterocycles. The van der Waals surface area contributed by atoms with Crippen molar-refractivity contribution in [3.05, 3.63) is 17.2 Å². The van der Waals surface area contributed by atoms with Crippen molar-refractivity contribution in [2.75, 3.05) is 0 Å². The van der Waals surface area contributed by atoms with Gasteiger partial charge in [0.25, 0.3) is 0 Å². The number of carbonyl (C=O) groups is 1. The third kappa shape index (κ3) is 0.950. The largest absolute Gasteiger partial charge is 0.504 e. The Morgan fingerprint density at radius 3 is 2.46 bits per heavy atom. The predicted molar refractivity (Wildman–Crippen MR) is 44.1 cm³/mol. The normalized spacial score (nSPS) is 14.6. The summed E-state index contributed by atoms with van der Waals surface area (Å²) in [6.07, 6.45) is 0.750. The lowest BCUT2D eigenvalue weighted by Crippen LogP contribution is -1.90. The first-order chi connectivity index (χ1) is 6.11. The van der Waals surface area contributed by atoms with Crippen molar-refractivity contribution >= 4 is 5.78 Å². The Hall–Kier alpha value is -1.71. The summed E-state index contributed by atoms with van der Waals surface area (Å²) in [5.41, 5.74) is 0.744. The van der Waals surface area contributed by atoms with E-state index in [4.69, 9.17) is 10.2 Å². The first-order valence-corrected chi connectivity index (χ1v) is 3.91. The van der Waals surface area contributed by atoms with Crippen LogP contribution in [0.1, 0.15) is 22.3 Å². The number of aromatic hydroxyl groups is 3. The molecule has 1 aliphatic carbocycles. The summed E-state index contributed by atoms with van der Waals surface area (Å²) < 4.78 is 0. The molecule has 1 aliphatic rings. The highest BCUT2D eigenvalue weighted by atomic mass is 16.3. The predicted octanol–water partition coefficient (Wildman–Crippen LogP) is 0.932. The van der Waals surface area contributed by atoms with Crippen LogP contribution in [0.4, 0.5) is 0 Å². The van der Waals surface area contributed by atoms with Crippen LogP contribution in [0.25, 0.3) is 0 Å². The van der Waals surface area contributed by atoms with Crippen LogP contribution in [0, 0.1) is 0 Å². The van der Waals surface area contributed by atoms with E-state index in [2.05, 4.69) is 0 Å². The molecule has 0 unspecified atom stereocenters. The Morgan fingerprint density at radius 2 is 1.77 bits per heavy atom. The van der Waals surface area contributed by atoms with Gasteiger partial charge >= 0.3 is 0 Å². The maximum absolute atomic E-state index is 11.2. The van der Waals surface area contributed by atoms with E-state index in [0.29, 0.717) is 24.0 Å². The minimum atomic E-state index is -0.548. The Bertz CT molecular complexity index is 395. The van der Waals surface area contributed by atoms with Crippen LogP contribution in [0.2, 0.25) is 0 Å². The molecule has 3 N–H and O–H groups in total. The van der Waals surface area contributed by atoms with Crippen molar-refractivity contribution in [2.45, 2.75) is 12.8 Å². The van der Waals surface area contributed by atoms with Gasteiger partial charge in [-0.1, -0.05) is 0 Å². The molecule has 0 atom stereocenters. The standard InChI is InChI=1S/C9H8O4/c10-6-2-1-4-5(6)3-7(11)9(13)8(4)12/h3,11-13H,1-2H2. The van der Waals surface area contributed by atoms with Crippen LogP contribution in [0.5, 0.6) is 17.2 Å². The maximum Gasteiger partial charge on any atom is 0.200 e. The van der Waals surface area contributed by atoms with Gasteiger partial charge in [0.2, 0.25) is 5.75 Å². The smallest absolute Gasteiger partial charge is 0.200 e. The number of phenols is 3. The number of hydrogen-bond acceptors (Lipinski definition) is 4. The average molecular weight is 180 g/mol. The molecule has 68 valence electrons. The number of ketones is 1. The minimum absolute atomic E-state index is 0.111. The number of phenolic OH excluding ortho intramolecular Hbond substituents is 3. The van der Waals surface area contributed by atoms with E-state index in [-0.39, 0.29) is 11.5 Å². The van der Waals surface area contributed by atoms with E-state index in [1.54, 1.807) is 0 Å². The van der Waals surface area contributed by atoms with Gasteiger partial charge in [0, 0.05) is 17.5 Å². The number of carbonyl (C=O) groups excluding carboxylic acids is 1. The average Bonchev–Trinajstić information content (AvgIpc) is 2.45. The Kier molecular flexibility index (Phi) is 1.45. The molecule has 0 fully saturated rings. The topological polar surface area (TPSA) is 77.8 Å². The van der Waals surface area contributed by atoms with Gasteiger partial charge in [-0.05, 0) is 12.5 Å². The van der Waals surface area contributed by atoms with Crippen molar-refractivity contribution < 1.29 is 20.1 Å². The molecule has 1 aromatic rings. The zero-order chi connectivity index (χ0) is 9.59. The van der Waals surface area contributed by atoms with Crippen LogP contribution >= 0.6 is 0 Å². The summed E-state index contributed by atoms with van der Waals surface area (Å²) in [5, 5.41) is 27.6. The number of benzene rings is 1. The number of hydrogen-bond donors (Lipinski definition) is 3. The molecule has 4 heteroatoms. The van der Waals surface area contributed by atoms with Gasteiger partial charge in [0.15, 0.2) is 17.3 Å². The van der Waals surface area contributed by atoms with Crippen LogP contribution in [0.15, 0.2) is 6.07 Å². The highest BCUT2D eigenvalue weighted by Crippen LogP contribution is 2.42. The van der Waals surface area contributed by atoms with Crippen LogP contribution < -0.4 is 0 Å². The number of Topliss-reactive ketones (excluding diaryl/α,β-unsaturated/α-hetero) is 1. The van der Waals surface area contributed by atoms with E-state index >= 15 is 0 Å². The summed E-state index contributed by atoms with van der Waals surface area (Å²) >= 11 is 0. The summed E-state index contributed by atoms with van der Waals surface area (Å²) in [6, 6.07) is 1.19. The quantitative estimate of drug-likeness (QED) is 0.519. The molecule has 0 bridgehead atoms. The van der Waals surface area contributed by atoms with Crippen molar-refractivity contribution in [3.63, 3.8) is 0 Å². The van der Waals surface area contributed by atoms with Gasteiger partial charge in [-0.3, -0.25) is 4.79 Å². The van der Waals surface area contributed by atoms with E-state index in [0.717, 1.165) is 0 Å². The molecular formula is C9H8O4. The van der Waals surface area contributed by atoms with E-state index in [9.17, 15) is 9.90 Å². The Labute approximate surface area is 74.1 Å². The number of rotatable bonds is 0. The van der Waals surface area contributed by atoms with Gasteiger partial charge < -0.3 is 15.3 Å². The molecule has 0 radical (unpaired) electrons. The molecule has 0 amide bonds. The highest BCUT2D eigenvalue weighted by Gasteiger charge is 2.26. The fraction of sp³-hybridized carbons (Fsp3) is 0.222. The summed E-state index contributed by atoms with van der Waals surface area (Å²) in [7, 11) is 0. The molecule has 0 spiro atoms. The summed E-state index contributed by atoms with van der Waals surface area (Å²) in [6.45, 7) is 0. The Balaban J connectivity index is 2.74. The fourth-order valence-electron chi connectivity index (χ4n) is 1.56. The highest BCUT2D eigenvalue weighted by molar-refractivity contribution is 6.02. The van der Waals surface area contributed by atoms with Crippen LogP contribution in [-0.4, -0.2) is 21.1 Å². The van der Waals surface area contributed by atoms with Gasteiger partial charge in [-0.25, -0.2) is 0 Å². The second kappa shape index (κ2) is 2.39. The Morgan fingerprint density at radius 1 is 1.08 bits per heavy atom. The molecule has 0 saturated carbocycles. The molecule has 13 heavy (non-hydrogen) atoms. The van der Waals surface area contributed by atoms with E-state index < -0.39 is 11.5 Å².